The van der Waals surface area contributed by atoms with Crippen LogP contribution in [0.1, 0.15) is 57.6 Å². The number of nitrogens with zero attached hydrogens (tertiary/aromatic N) is 2. The molecule has 0 radical (unpaired) electrons. The summed E-state index contributed by atoms with van der Waals surface area (Å²) in [7, 11) is -4.27. The number of rotatable bonds is 10. The van der Waals surface area contributed by atoms with Gasteiger partial charge < -0.3 is 14.7 Å². The quantitative estimate of drug-likeness (QED) is 0.353. The Labute approximate surface area is 229 Å². The number of aliphatic carboxylic acids is 1. The zero-order valence-electron chi connectivity index (χ0n) is 21.8. The molecule has 0 atom stereocenters. The van der Waals surface area contributed by atoms with E-state index in [1.807, 2.05) is 0 Å². The lowest BCUT2D eigenvalue weighted by atomic mass is 9.86. The predicted octanol–water partition coefficient (Wildman–Crippen LogP) is 5.43. The Balaban J connectivity index is 1.70. The average Bonchev–Trinajstić information content (AvgIpc) is 3.33. The Hall–Kier alpha value is -2.71. The Morgan fingerprint density at radius 2 is 1.82 bits per heavy atom. The molecule has 1 aliphatic carbocycles. The second-order valence-corrected chi connectivity index (χ2v) is 13.8. The minimum absolute atomic E-state index is 0.00620. The molecule has 1 saturated carbocycles. The van der Waals surface area contributed by atoms with E-state index in [0.717, 1.165) is 51.8 Å². The monoisotopic (exact) mass is 591 g/mol. The van der Waals surface area contributed by atoms with Crippen LogP contribution in [0.5, 0.6) is 0 Å². The lowest BCUT2D eigenvalue weighted by Crippen LogP contribution is -2.46. The van der Waals surface area contributed by atoms with Crippen molar-refractivity contribution in [2.75, 3.05) is 18.5 Å². The highest BCUT2D eigenvalue weighted by Crippen LogP contribution is 2.34. The fourth-order valence-corrected chi connectivity index (χ4v) is 7.01. The molecule has 2 N–H and O–H groups in total. The Morgan fingerprint density at radius 1 is 1.18 bits per heavy atom. The van der Waals surface area contributed by atoms with E-state index in [4.69, 9.17) is 4.74 Å². The number of carboxylic acids is 1. The van der Waals surface area contributed by atoms with Crippen molar-refractivity contribution in [2.45, 2.75) is 74.2 Å². The highest BCUT2D eigenvalue weighted by atomic mass is 32.2. The van der Waals surface area contributed by atoms with Gasteiger partial charge in [0.25, 0.3) is 0 Å². The predicted molar refractivity (Wildman–Crippen MR) is 139 cm³/mol. The van der Waals surface area contributed by atoms with E-state index in [0.29, 0.717) is 17.3 Å². The molecule has 1 aromatic heterocycles. The number of benzene rings is 1. The largest absolute Gasteiger partial charge is 0.480 e. The first-order chi connectivity index (χ1) is 18.1. The van der Waals surface area contributed by atoms with Crippen LogP contribution in [0, 0.1) is 5.92 Å². The molecule has 39 heavy (non-hydrogen) atoms. The number of nitrogens with one attached hydrogen (secondary N) is 1. The van der Waals surface area contributed by atoms with Crippen LogP contribution in [-0.2, 0) is 32.2 Å². The number of hydrogen-bond donors (Lipinski definition) is 2. The van der Waals surface area contributed by atoms with Gasteiger partial charge >= 0.3 is 18.2 Å². The molecule has 2 aromatic rings. The third kappa shape index (κ3) is 7.28. The number of urea groups is 1. The highest BCUT2D eigenvalue weighted by molar-refractivity contribution is 7.95. The van der Waals surface area contributed by atoms with E-state index in [1.165, 1.54) is 23.1 Å². The van der Waals surface area contributed by atoms with Crippen LogP contribution in [0.15, 0.2) is 34.7 Å². The second-order valence-electron chi connectivity index (χ2n) is 10.0. The molecule has 216 valence electrons. The summed E-state index contributed by atoms with van der Waals surface area (Å²) in [6.45, 7) is 4.07. The lowest BCUT2D eigenvalue weighted by Gasteiger charge is -2.36. The number of alkyl halides is 3. The van der Waals surface area contributed by atoms with E-state index in [-0.39, 0.29) is 40.7 Å². The molecule has 0 unspecified atom stereocenters. The summed E-state index contributed by atoms with van der Waals surface area (Å²) in [5.41, 5.74) is -0.783. The van der Waals surface area contributed by atoms with Gasteiger partial charge in [-0.3, -0.25) is 10.1 Å². The van der Waals surface area contributed by atoms with Crippen molar-refractivity contribution in [1.82, 2.24) is 9.88 Å². The van der Waals surface area contributed by atoms with Crippen molar-refractivity contribution in [2.24, 2.45) is 5.92 Å². The number of amides is 2. The summed E-state index contributed by atoms with van der Waals surface area (Å²) in [4.78, 5) is 30.2. The summed E-state index contributed by atoms with van der Waals surface area (Å²) < 4.78 is 68.5. The average molecular weight is 592 g/mol. The van der Waals surface area contributed by atoms with Gasteiger partial charge in [-0.1, -0.05) is 36.5 Å². The number of thiazole rings is 1. The van der Waals surface area contributed by atoms with E-state index in [2.05, 4.69) is 17.2 Å². The van der Waals surface area contributed by atoms with Gasteiger partial charge in [-0.05, 0) is 57.1 Å². The molecular formula is C25H32F3N3O6S2. The molecule has 0 aliphatic heterocycles. The number of aromatic nitrogens is 1. The smallest absolute Gasteiger partial charge is 0.416 e. The number of ether oxygens (including phenoxy) is 1. The Bertz CT molecular complexity index is 1270. The van der Waals surface area contributed by atoms with Gasteiger partial charge in [0.2, 0.25) is 9.84 Å². The van der Waals surface area contributed by atoms with E-state index in [1.54, 1.807) is 0 Å². The lowest BCUT2D eigenvalue weighted by molar-refractivity contribution is -0.139. The maximum absolute atomic E-state index is 13.3. The molecule has 1 fully saturated rings. The summed E-state index contributed by atoms with van der Waals surface area (Å²) >= 11 is 0.648. The van der Waals surface area contributed by atoms with Gasteiger partial charge in [-0.2, -0.15) is 13.2 Å². The minimum atomic E-state index is -4.51. The number of sulfone groups is 1. The standard InChI is InChI=1S/C25H32F3N3O6S2/c1-16-8-10-18(11-9-16)31(12-13-37-15-17-6-4-5-7-19(17)25(26,27)28)23(34)30-22-29-14-20(38-22)39(35,36)24(2,3)21(32)33/h4-7,14,16,18H,8-13,15H2,1-3H3,(H,32,33)(H,29,30,34)/t16-,18-. The number of anilines is 1. The van der Waals surface area contributed by atoms with Gasteiger partial charge in [0, 0.05) is 12.6 Å². The minimum Gasteiger partial charge on any atom is -0.480 e. The SMILES string of the molecule is CC(C)(C(=O)O)S(=O)(=O)c1cnc(NC(=O)N(CCOCc2ccccc2C(F)(F)F)[C@H]2CC[C@H](C)CC2)s1. The van der Waals surface area contributed by atoms with Crippen molar-refractivity contribution in [3.8, 4) is 0 Å². The summed E-state index contributed by atoms with van der Waals surface area (Å²) in [6.07, 6.45) is -0.236. The normalized spacial score (nSPS) is 18.5. The fraction of sp³-hybridized carbons (Fsp3) is 0.560. The van der Waals surface area contributed by atoms with Crippen molar-refractivity contribution >= 4 is 38.3 Å². The van der Waals surface area contributed by atoms with Gasteiger partial charge in [-0.15, -0.1) is 0 Å². The summed E-state index contributed by atoms with van der Waals surface area (Å²) in [5, 5.41) is 11.9. The number of carbonyl (C=O) groups excluding carboxylic acids is 1. The Kier molecular flexibility index (Phi) is 9.65. The van der Waals surface area contributed by atoms with Crippen LogP contribution >= 0.6 is 11.3 Å². The molecule has 9 nitrogen and oxygen atoms in total. The van der Waals surface area contributed by atoms with Crippen LogP contribution in [-0.4, -0.2) is 59.3 Å². The van der Waals surface area contributed by atoms with E-state index in [9.17, 15) is 36.3 Å². The maximum Gasteiger partial charge on any atom is 0.416 e. The van der Waals surface area contributed by atoms with Crippen molar-refractivity contribution in [1.29, 1.82) is 0 Å². The molecule has 0 spiro atoms. The van der Waals surface area contributed by atoms with Crippen LogP contribution in [0.2, 0.25) is 0 Å². The van der Waals surface area contributed by atoms with Crippen LogP contribution in [0.25, 0.3) is 0 Å². The van der Waals surface area contributed by atoms with Crippen molar-refractivity contribution in [3.05, 3.63) is 41.6 Å². The number of halogens is 3. The zero-order chi connectivity index (χ0) is 29.0. The zero-order valence-corrected chi connectivity index (χ0v) is 23.5. The van der Waals surface area contributed by atoms with Crippen LogP contribution in [0.4, 0.5) is 23.1 Å². The maximum atomic E-state index is 13.3. The number of hydrogen-bond acceptors (Lipinski definition) is 7. The second kappa shape index (κ2) is 12.2. The molecule has 3 rings (SSSR count). The molecule has 2 amide bonds. The van der Waals surface area contributed by atoms with Gasteiger partial charge in [-0.25, -0.2) is 18.2 Å². The van der Waals surface area contributed by atoms with Crippen LogP contribution in [0.3, 0.4) is 0 Å². The molecular weight excluding hydrogens is 559 g/mol. The van der Waals surface area contributed by atoms with Gasteiger partial charge in [0.05, 0.1) is 25.0 Å². The Morgan fingerprint density at radius 3 is 2.44 bits per heavy atom. The van der Waals surface area contributed by atoms with E-state index >= 15 is 0 Å². The molecule has 1 aromatic carbocycles. The molecule has 1 aliphatic rings. The number of carboxylic acid groups (broad SMARTS) is 1. The molecule has 1 heterocycles. The van der Waals surface area contributed by atoms with Gasteiger partial charge in [0.1, 0.15) is 4.21 Å². The first-order valence-corrected chi connectivity index (χ1v) is 14.7. The molecule has 0 bridgehead atoms. The van der Waals surface area contributed by atoms with Crippen molar-refractivity contribution in [3.63, 3.8) is 0 Å². The highest BCUT2D eigenvalue weighted by Gasteiger charge is 2.44. The molecule has 14 heteroatoms. The molecule has 0 saturated heterocycles. The topological polar surface area (TPSA) is 126 Å². The van der Waals surface area contributed by atoms with Gasteiger partial charge in [0.15, 0.2) is 9.88 Å². The first kappa shape index (κ1) is 30.8. The summed E-state index contributed by atoms with van der Waals surface area (Å²) in [6, 6.07) is 4.44. The van der Waals surface area contributed by atoms with E-state index < -0.39 is 38.3 Å². The van der Waals surface area contributed by atoms with Crippen LogP contribution < -0.4 is 5.32 Å². The third-order valence-electron chi connectivity index (χ3n) is 6.89. The first-order valence-electron chi connectivity index (χ1n) is 12.4. The fourth-order valence-electron chi connectivity index (χ4n) is 4.24. The number of carbonyl (C=O) groups is 2. The third-order valence-corrected chi connectivity index (χ3v) is 10.7. The summed E-state index contributed by atoms with van der Waals surface area (Å²) in [5.74, 6) is -1.01. The van der Waals surface area contributed by atoms with Crippen molar-refractivity contribution < 1.29 is 41.0 Å².